The first kappa shape index (κ1) is 46.3. The molecule has 16 heteroatoms. The van der Waals surface area contributed by atoms with Gasteiger partial charge in [0.15, 0.2) is 0 Å². The van der Waals surface area contributed by atoms with Crippen LogP contribution in [0.1, 0.15) is 65.4 Å². The van der Waals surface area contributed by atoms with Gasteiger partial charge >= 0.3 is 0 Å². The van der Waals surface area contributed by atoms with E-state index in [0.29, 0.717) is 56.6 Å². The molecule has 5 rings (SSSR count). The lowest BCUT2D eigenvalue weighted by molar-refractivity contribution is -0.432. The van der Waals surface area contributed by atoms with Crippen molar-refractivity contribution in [3.05, 3.63) is 102 Å². The van der Waals surface area contributed by atoms with Crippen molar-refractivity contribution in [2.75, 3.05) is 19.4 Å². The van der Waals surface area contributed by atoms with Crippen LogP contribution in [0.4, 0.5) is 23.0 Å². The van der Waals surface area contributed by atoms with Crippen LogP contribution in [0, 0.1) is 27.7 Å². The summed E-state index contributed by atoms with van der Waals surface area (Å²) in [6.45, 7) is 19.0. The van der Waals surface area contributed by atoms with Crippen LogP contribution in [-0.2, 0) is 19.5 Å². The van der Waals surface area contributed by atoms with Gasteiger partial charge in [0.2, 0.25) is 5.95 Å². The van der Waals surface area contributed by atoms with E-state index in [4.69, 9.17) is 6.63 Å². The van der Waals surface area contributed by atoms with Gasteiger partial charge in [0, 0.05) is 14.1 Å². The molecule has 5 aromatic rings. The minimum Gasteiger partial charge on any atom is -0.357 e. The molecule has 0 unspecified atom stereocenters. The molecule has 0 saturated heterocycles. The number of hydrogen-bond donors (Lipinski definition) is 3. The number of hydrogen-bond acceptors (Lipinski definition) is 14. The van der Waals surface area contributed by atoms with Gasteiger partial charge in [-0.05, 0) is 91.6 Å². The Morgan fingerprint density at radius 3 is 1.81 bits per heavy atom. The zero-order chi connectivity index (χ0) is 41.3. The molecule has 288 valence electrons. The van der Waals surface area contributed by atoms with E-state index in [0.717, 1.165) is 16.6 Å². The molecule has 53 heavy (non-hydrogen) atoms. The van der Waals surface area contributed by atoms with E-state index in [9.17, 15) is 13.0 Å². The maximum absolute atomic E-state index is 11.8. The number of rotatable bonds is 8. The summed E-state index contributed by atoms with van der Waals surface area (Å²) in [6.07, 6.45) is -0.00292. The number of nitrogens with zero attached hydrogens (tertiary/aromatic N) is 7. The molecular weight excluding hydrogens is 717 g/mol. The molecular formula is C37H52N8O6S2. The van der Waals surface area contributed by atoms with Crippen LogP contribution in [0.5, 0.6) is 0 Å². The Kier molecular flexibility index (Phi) is 23.6. The van der Waals surface area contributed by atoms with Gasteiger partial charge < -0.3 is 5.32 Å². The van der Waals surface area contributed by atoms with Crippen LogP contribution in [0.25, 0.3) is 10.8 Å². The second-order valence-corrected chi connectivity index (χ2v) is 11.6. The number of fused-ring (bicyclic) bond motifs is 1. The highest BCUT2D eigenvalue weighted by molar-refractivity contribution is 7.94. The smallest absolute Gasteiger partial charge is 0.294 e. The molecule has 14 nitrogen and oxygen atoms in total. The normalized spacial score (nSPS) is 10.6. The lowest BCUT2D eigenvalue weighted by atomic mass is 9.96. The molecule has 4 aromatic carbocycles. The molecule has 1 heterocycles. The number of aromatic nitrogens is 3. The Labute approximate surface area is 319 Å². The van der Waals surface area contributed by atoms with Crippen molar-refractivity contribution in [3.8, 4) is 0 Å². The van der Waals surface area contributed by atoms with Gasteiger partial charge in [-0.15, -0.1) is 9.45 Å². The van der Waals surface area contributed by atoms with Crippen LogP contribution in [0.15, 0.2) is 109 Å². The zero-order valence-corrected chi connectivity index (χ0v) is 34.0. The van der Waals surface area contributed by atoms with E-state index < -0.39 is 10.1 Å². The molecule has 0 aliphatic heterocycles. The zero-order valence-electron chi connectivity index (χ0n) is 33.4. The molecule has 0 atom stereocenters. The molecule has 0 amide bonds. The first-order valence-electron chi connectivity index (χ1n) is 17.3. The average molecular weight is 771 g/mol. The van der Waals surface area contributed by atoms with Gasteiger partial charge in [0.05, 0.1) is 33.2 Å². The summed E-state index contributed by atoms with van der Waals surface area (Å²) >= 11 is 0.697. The van der Waals surface area contributed by atoms with Crippen LogP contribution >= 0.6 is 12.0 Å². The Hall–Kier alpha value is -4.71. The monoisotopic (exact) mass is 770 g/mol. The average Bonchev–Trinajstić information content (AvgIpc) is 3.18. The summed E-state index contributed by atoms with van der Waals surface area (Å²) in [6, 6.07) is 21.8. The first-order chi connectivity index (χ1) is 25.9. The molecule has 0 spiro atoms. The van der Waals surface area contributed by atoms with E-state index in [-0.39, 0.29) is 11.2 Å². The van der Waals surface area contributed by atoms with Crippen molar-refractivity contribution in [1.82, 2.24) is 15.0 Å². The number of benzene rings is 4. The number of nitrogens with one attached hydrogen (secondary N) is 1. The number of aryl methyl sites for hydroxylation is 3. The summed E-state index contributed by atoms with van der Waals surface area (Å²) in [5.41, 5.74) is 3.90. The van der Waals surface area contributed by atoms with Gasteiger partial charge in [0.1, 0.15) is 19.2 Å². The van der Waals surface area contributed by atoms with Crippen molar-refractivity contribution in [3.63, 3.8) is 0 Å². The minimum atomic E-state index is -4.39. The molecule has 0 bridgehead atoms. The van der Waals surface area contributed by atoms with E-state index in [1.54, 1.807) is 53.1 Å². The molecule has 0 aliphatic rings. The Balaban J connectivity index is 0.000000914. The highest BCUT2D eigenvalue weighted by Gasteiger charge is 2.21. The predicted octanol–water partition coefficient (Wildman–Crippen LogP) is 11.6. The molecule has 0 radical (unpaired) electrons. The fraction of sp³-hybridized carbons (Fsp3) is 0.324. The highest BCUT2D eigenvalue weighted by Crippen LogP contribution is 2.42. The quantitative estimate of drug-likeness (QED) is 0.0447. The van der Waals surface area contributed by atoms with E-state index in [2.05, 4.69) is 50.1 Å². The minimum absolute atomic E-state index is 0.00292. The summed E-state index contributed by atoms with van der Waals surface area (Å²) in [5, 5.41) is 32.3. The molecule has 0 fully saturated rings. The van der Waals surface area contributed by atoms with Gasteiger partial charge in [-0.3, -0.25) is 4.55 Å². The fourth-order valence-electron chi connectivity index (χ4n) is 4.21. The Morgan fingerprint density at radius 2 is 1.34 bits per heavy atom. The third kappa shape index (κ3) is 16.2. The number of azo groups is 2. The summed E-state index contributed by atoms with van der Waals surface area (Å²) in [5.74, 6) is 1.00. The molecule has 1 aromatic heterocycles. The van der Waals surface area contributed by atoms with Crippen molar-refractivity contribution < 1.29 is 29.0 Å². The second kappa shape index (κ2) is 27.0. The van der Waals surface area contributed by atoms with E-state index >= 15 is 0 Å². The topological polar surface area (TPSA) is 193 Å². The summed E-state index contributed by atoms with van der Waals surface area (Å²) in [4.78, 5) is 11.5. The van der Waals surface area contributed by atoms with Crippen molar-refractivity contribution in [1.29, 1.82) is 0 Å². The van der Waals surface area contributed by atoms with E-state index in [1.165, 1.54) is 6.07 Å². The lowest BCUT2D eigenvalue weighted by Gasteiger charge is -2.16. The Bertz CT molecular complexity index is 1990. The van der Waals surface area contributed by atoms with Gasteiger partial charge in [-0.25, -0.2) is 15.2 Å². The van der Waals surface area contributed by atoms with Gasteiger partial charge in [0.25, 0.3) is 10.1 Å². The maximum Gasteiger partial charge on any atom is 0.294 e. The predicted molar refractivity (Wildman–Crippen MR) is 214 cm³/mol. The fourth-order valence-corrected chi connectivity index (χ4v) is 5.58. The van der Waals surface area contributed by atoms with Crippen molar-refractivity contribution in [2.45, 2.75) is 79.0 Å². The van der Waals surface area contributed by atoms with Gasteiger partial charge in [-0.1, -0.05) is 83.0 Å². The van der Waals surface area contributed by atoms with Crippen LogP contribution in [0.2, 0.25) is 0 Å². The number of anilines is 1. The summed E-state index contributed by atoms with van der Waals surface area (Å²) in [7, 11) is -1.03. The SMILES string of the molecule is CC.CC.CC.CN=Nc1ccccc1.Cc1c(S(=O)(=O)O)cc2cc(SOOO)c(N=Nc3ccccc3)c(C)c2c1C.[3H]c1nc(C)nc(NC)n1. The second-order valence-electron chi connectivity index (χ2n) is 9.50. The molecule has 3 N–H and O–H groups in total. The van der Waals surface area contributed by atoms with Crippen LogP contribution < -0.4 is 5.32 Å². The van der Waals surface area contributed by atoms with Gasteiger partial charge in [-0.2, -0.15) is 28.7 Å². The standard InChI is InChI=1S/C19H18N2O6S2.C7H8N2.C5H8N4.3C2H6/c1-11-12(2)18-13(3)19(21-20-15-7-5-4-6-8-15)16(28-27-26-22)9-14(18)10-17(11)29(23,24)25;1-8-9-7-5-3-2-4-6-7;1-4-7-3-8-5(6-2)9-4;3*1-2/h4-10,22H,1-3H3,(H,23,24,25);2-6H,1H3;3H,1-2H3,(H,6,7,8,9);3*1-2H3/i;;3T;;;. The third-order valence-electron chi connectivity index (χ3n) is 6.42. The Morgan fingerprint density at radius 1 is 0.792 bits per heavy atom. The van der Waals surface area contributed by atoms with Crippen LogP contribution in [0.3, 0.4) is 0 Å². The summed E-state index contributed by atoms with van der Waals surface area (Å²) < 4.78 is 44.7. The van der Waals surface area contributed by atoms with E-state index in [1.807, 2.05) is 97.0 Å². The highest BCUT2D eigenvalue weighted by atomic mass is 32.2. The van der Waals surface area contributed by atoms with Crippen molar-refractivity contribution >= 4 is 55.9 Å². The molecule has 0 aliphatic carbocycles. The molecule has 0 saturated carbocycles. The first-order valence-corrected chi connectivity index (χ1v) is 19.0. The lowest BCUT2D eigenvalue weighted by Crippen LogP contribution is -2.03. The third-order valence-corrected chi connectivity index (χ3v) is 8.02. The maximum atomic E-state index is 11.8. The van der Waals surface area contributed by atoms with Crippen LogP contribution in [-0.4, -0.2) is 47.3 Å². The van der Waals surface area contributed by atoms with Crippen molar-refractivity contribution in [2.24, 2.45) is 20.5 Å². The largest absolute Gasteiger partial charge is 0.357 e.